The summed E-state index contributed by atoms with van der Waals surface area (Å²) in [7, 11) is 0. The van der Waals surface area contributed by atoms with E-state index < -0.39 is 4.92 Å². The number of hydrogen-bond acceptors (Lipinski definition) is 7. The molecule has 0 N–H and O–H groups in total. The number of thiophene rings is 1. The fourth-order valence-corrected chi connectivity index (χ4v) is 4.28. The summed E-state index contributed by atoms with van der Waals surface area (Å²) in [5.74, 6) is 2.38. The van der Waals surface area contributed by atoms with Gasteiger partial charge in [0.05, 0.1) is 22.0 Å². The summed E-state index contributed by atoms with van der Waals surface area (Å²) >= 11 is 1.65. The molecule has 0 aliphatic carbocycles. The quantitative estimate of drug-likeness (QED) is 0.337. The highest BCUT2D eigenvalue weighted by Crippen LogP contribution is 2.27. The zero-order chi connectivity index (χ0) is 20.5. The lowest BCUT2D eigenvalue weighted by Gasteiger charge is -2.27. The summed E-state index contributed by atoms with van der Waals surface area (Å²) < 4.78 is 5.99. The minimum absolute atomic E-state index is 0.0713. The van der Waals surface area contributed by atoms with Crippen LogP contribution in [0.15, 0.2) is 64.5 Å². The highest BCUT2D eigenvalue weighted by Gasteiger charge is 2.20. The Morgan fingerprint density at radius 2 is 2.03 bits per heavy atom. The second-order valence-corrected chi connectivity index (χ2v) is 8.12. The van der Waals surface area contributed by atoms with E-state index in [0.717, 1.165) is 52.8 Å². The van der Waals surface area contributed by atoms with Crippen molar-refractivity contribution in [3.63, 3.8) is 0 Å². The van der Waals surface area contributed by atoms with Crippen molar-refractivity contribution in [3.8, 4) is 22.0 Å². The Kier molecular flexibility index (Phi) is 4.86. The third-order valence-corrected chi connectivity index (χ3v) is 6.02. The van der Waals surface area contributed by atoms with Crippen LogP contribution in [0.4, 0.5) is 5.69 Å². The van der Waals surface area contributed by atoms with Gasteiger partial charge in [-0.25, -0.2) is 9.97 Å². The molecule has 1 aromatic carbocycles. The topological polar surface area (TPSA) is 85.3 Å². The smallest absolute Gasteiger partial charge is 0.269 e. The fourth-order valence-electron chi connectivity index (χ4n) is 3.62. The summed E-state index contributed by atoms with van der Waals surface area (Å²) in [6, 6.07) is 14.3. The average Bonchev–Trinajstić information content (AvgIpc) is 3.46. The molecule has 30 heavy (non-hydrogen) atoms. The van der Waals surface area contributed by atoms with Crippen molar-refractivity contribution < 1.29 is 9.34 Å². The first-order valence-corrected chi connectivity index (χ1v) is 10.5. The summed E-state index contributed by atoms with van der Waals surface area (Å²) in [5, 5.41) is 12.8. The van der Waals surface area contributed by atoms with Crippen LogP contribution in [0.3, 0.4) is 0 Å². The van der Waals surface area contributed by atoms with E-state index in [4.69, 9.17) is 9.40 Å². The average molecular weight is 418 g/mol. The Morgan fingerprint density at radius 1 is 1.17 bits per heavy atom. The predicted molar refractivity (Wildman–Crippen MR) is 114 cm³/mol. The first-order chi connectivity index (χ1) is 14.7. The number of nitro benzene ring substituents is 1. The van der Waals surface area contributed by atoms with Gasteiger partial charge in [-0.1, -0.05) is 6.07 Å². The third-order valence-electron chi connectivity index (χ3n) is 5.16. The number of nitro groups is 1. The maximum Gasteiger partial charge on any atom is 0.269 e. The van der Waals surface area contributed by atoms with E-state index in [1.165, 1.54) is 12.1 Å². The van der Waals surface area contributed by atoms with Gasteiger partial charge in [0.2, 0.25) is 0 Å². The Bertz CT molecular complexity index is 1190. The van der Waals surface area contributed by atoms with Crippen molar-refractivity contribution in [3.05, 3.63) is 87.2 Å². The van der Waals surface area contributed by atoms with Crippen LogP contribution < -0.4 is 0 Å². The molecule has 0 bridgehead atoms. The van der Waals surface area contributed by atoms with Gasteiger partial charge in [-0.3, -0.25) is 15.0 Å². The molecular formula is C22H18N4O3S. The predicted octanol–water partition coefficient (Wildman–Crippen LogP) is 4.93. The molecule has 7 nitrogen and oxygen atoms in total. The Hall–Kier alpha value is -3.36. The number of nitrogens with zero attached hydrogens (tertiary/aromatic N) is 4. The van der Waals surface area contributed by atoms with Crippen molar-refractivity contribution >= 4 is 17.0 Å². The van der Waals surface area contributed by atoms with E-state index in [1.54, 1.807) is 23.5 Å². The minimum Gasteiger partial charge on any atom is -0.460 e. The van der Waals surface area contributed by atoms with Crippen LogP contribution in [0.1, 0.15) is 17.0 Å². The Labute approximate surface area is 176 Å². The number of benzene rings is 1. The highest BCUT2D eigenvalue weighted by atomic mass is 32.1. The molecule has 8 heteroatoms. The van der Waals surface area contributed by atoms with Crippen LogP contribution in [0.25, 0.3) is 22.0 Å². The van der Waals surface area contributed by atoms with Crippen LogP contribution in [0.2, 0.25) is 0 Å². The van der Waals surface area contributed by atoms with Gasteiger partial charge in [0.1, 0.15) is 11.5 Å². The highest BCUT2D eigenvalue weighted by molar-refractivity contribution is 7.13. The molecule has 0 atom stereocenters. The molecular weight excluding hydrogens is 400 g/mol. The normalized spacial score (nSPS) is 13.9. The van der Waals surface area contributed by atoms with Crippen LogP contribution in [-0.2, 0) is 19.5 Å². The van der Waals surface area contributed by atoms with E-state index in [2.05, 4.69) is 9.88 Å². The number of rotatable bonds is 5. The van der Waals surface area contributed by atoms with Crippen LogP contribution in [0.5, 0.6) is 0 Å². The monoisotopic (exact) mass is 418 g/mol. The molecule has 0 spiro atoms. The van der Waals surface area contributed by atoms with Crippen LogP contribution in [-0.4, -0.2) is 26.3 Å². The molecule has 0 fully saturated rings. The second-order valence-electron chi connectivity index (χ2n) is 7.17. The molecule has 0 radical (unpaired) electrons. The van der Waals surface area contributed by atoms with E-state index in [0.29, 0.717) is 12.3 Å². The van der Waals surface area contributed by atoms with Gasteiger partial charge in [0, 0.05) is 49.0 Å². The molecule has 4 heterocycles. The third kappa shape index (κ3) is 3.74. The minimum atomic E-state index is -0.404. The van der Waals surface area contributed by atoms with Crippen molar-refractivity contribution in [2.24, 2.45) is 0 Å². The summed E-state index contributed by atoms with van der Waals surface area (Å²) in [4.78, 5) is 23.1. The number of aromatic nitrogens is 2. The lowest BCUT2D eigenvalue weighted by Crippen LogP contribution is -2.30. The number of furan rings is 1. The molecule has 5 rings (SSSR count). The number of non-ortho nitro benzene ring substituents is 1. The molecule has 1 aliphatic rings. The van der Waals surface area contributed by atoms with Gasteiger partial charge in [-0.2, -0.15) is 0 Å². The Morgan fingerprint density at radius 3 is 2.80 bits per heavy atom. The molecule has 0 saturated heterocycles. The maximum atomic E-state index is 10.8. The van der Waals surface area contributed by atoms with Gasteiger partial charge >= 0.3 is 0 Å². The zero-order valence-corrected chi connectivity index (χ0v) is 16.8. The van der Waals surface area contributed by atoms with Gasteiger partial charge in [-0.05, 0) is 35.7 Å². The van der Waals surface area contributed by atoms with Gasteiger partial charge in [0.15, 0.2) is 5.82 Å². The lowest BCUT2D eigenvalue weighted by molar-refractivity contribution is -0.384. The molecule has 0 unspecified atom stereocenters. The van der Waals surface area contributed by atoms with Gasteiger partial charge in [0.25, 0.3) is 5.69 Å². The fraction of sp³-hybridized carbons (Fsp3) is 0.182. The molecule has 150 valence electrons. The summed E-state index contributed by atoms with van der Waals surface area (Å²) in [6.07, 6.45) is 2.82. The summed E-state index contributed by atoms with van der Waals surface area (Å²) in [5.41, 5.74) is 3.17. The number of hydrogen-bond donors (Lipinski definition) is 0. The largest absolute Gasteiger partial charge is 0.460 e. The van der Waals surface area contributed by atoms with Gasteiger partial charge < -0.3 is 4.42 Å². The standard InChI is InChI=1S/C22H18N4O3S/c27-26(28)17-5-3-15(4-6-17)20-8-7-18(29-20)14-25-10-9-19-16(13-25)12-23-22(24-19)21-2-1-11-30-21/h1-8,11-12H,9-10,13-14H2. The van der Waals surface area contributed by atoms with Crippen molar-refractivity contribution in [2.75, 3.05) is 6.54 Å². The molecule has 0 saturated carbocycles. The van der Waals surface area contributed by atoms with E-state index in [-0.39, 0.29) is 5.69 Å². The van der Waals surface area contributed by atoms with Crippen molar-refractivity contribution in [1.82, 2.24) is 14.9 Å². The van der Waals surface area contributed by atoms with Crippen molar-refractivity contribution in [2.45, 2.75) is 19.5 Å². The summed E-state index contributed by atoms with van der Waals surface area (Å²) in [6.45, 7) is 2.38. The molecule has 4 aromatic rings. The zero-order valence-electron chi connectivity index (χ0n) is 16.0. The SMILES string of the molecule is O=[N+]([O-])c1ccc(-c2ccc(CN3CCc4nc(-c5cccs5)ncc4C3)o2)cc1. The van der Waals surface area contributed by atoms with E-state index >= 15 is 0 Å². The molecule has 1 aliphatic heterocycles. The molecule has 0 amide bonds. The van der Waals surface area contributed by atoms with Crippen LogP contribution >= 0.6 is 11.3 Å². The first kappa shape index (κ1) is 18.7. The first-order valence-electron chi connectivity index (χ1n) is 9.60. The van der Waals surface area contributed by atoms with Crippen molar-refractivity contribution in [1.29, 1.82) is 0 Å². The maximum absolute atomic E-state index is 10.8. The van der Waals surface area contributed by atoms with E-state index in [1.807, 2.05) is 35.8 Å². The lowest BCUT2D eigenvalue weighted by atomic mass is 10.1. The second kappa shape index (κ2) is 7.81. The van der Waals surface area contributed by atoms with E-state index in [9.17, 15) is 10.1 Å². The van der Waals surface area contributed by atoms with Crippen LogP contribution in [0, 0.1) is 10.1 Å². The molecule has 3 aromatic heterocycles. The Balaban J connectivity index is 1.27. The van der Waals surface area contributed by atoms with Gasteiger partial charge in [-0.15, -0.1) is 11.3 Å². The number of fused-ring (bicyclic) bond motifs is 1.